The molecule has 2 aromatic rings. The molecule has 0 bridgehead atoms. The molecule has 1 aliphatic heterocycles. The number of aryl methyl sites for hydroxylation is 1. The zero-order chi connectivity index (χ0) is 15.5. The van der Waals surface area contributed by atoms with Crippen molar-refractivity contribution in [1.29, 1.82) is 0 Å². The zero-order valence-corrected chi connectivity index (χ0v) is 12.7. The number of nitrogens with one attached hydrogen (secondary N) is 1. The maximum Gasteiger partial charge on any atom is 0.264 e. The van der Waals surface area contributed by atoms with Gasteiger partial charge in [-0.25, -0.2) is 5.10 Å². The molecule has 0 saturated heterocycles. The molecule has 0 spiro atoms. The van der Waals surface area contributed by atoms with Gasteiger partial charge in [-0.3, -0.25) is 9.59 Å². The van der Waals surface area contributed by atoms with Gasteiger partial charge in [0.15, 0.2) is 0 Å². The summed E-state index contributed by atoms with van der Waals surface area (Å²) in [7, 11) is 0. The van der Waals surface area contributed by atoms with Crippen LogP contribution in [0.25, 0.3) is 0 Å². The summed E-state index contributed by atoms with van der Waals surface area (Å²) in [5, 5.41) is 6.35. The number of fused-ring (bicyclic) bond motifs is 1. The number of hydrogen-bond donors (Lipinski definition) is 1. The molecule has 1 amide bonds. The number of aromatic amines is 1. The van der Waals surface area contributed by atoms with Crippen molar-refractivity contribution in [1.82, 2.24) is 19.7 Å². The van der Waals surface area contributed by atoms with Gasteiger partial charge in [0.05, 0.1) is 11.7 Å². The third-order valence-electron chi connectivity index (χ3n) is 4.20. The summed E-state index contributed by atoms with van der Waals surface area (Å²) in [4.78, 5) is 25.5. The monoisotopic (exact) mass is 300 g/mol. The van der Waals surface area contributed by atoms with Crippen molar-refractivity contribution in [2.45, 2.75) is 38.8 Å². The van der Waals surface area contributed by atoms with E-state index in [9.17, 15) is 9.59 Å². The van der Waals surface area contributed by atoms with E-state index < -0.39 is 0 Å². The maximum absolute atomic E-state index is 12.6. The van der Waals surface area contributed by atoms with Crippen LogP contribution in [-0.2, 0) is 17.8 Å². The first kappa shape index (κ1) is 14.6. The lowest BCUT2D eigenvalue weighted by molar-refractivity contribution is -0.134. The van der Waals surface area contributed by atoms with Crippen LogP contribution in [0.5, 0.6) is 0 Å². The van der Waals surface area contributed by atoms with Crippen LogP contribution in [0.4, 0.5) is 0 Å². The van der Waals surface area contributed by atoms with E-state index in [-0.39, 0.29) is 17.5 Å². The fourth-order valence-corrected chi connectivity index (χ4v) is 3.08. The molecule has 6 heteroatoms. The van der Waals surface area contributed by atoms with Gasteiger partial charge in [-0.15, -0.1) is 0 Å². The third kappa shape index (κ3) is 2.81. The Bertz CT molecular complexity index is 698. The first-order valence-electron chi connectivity index (χ1n) is 7.68. The fourth-order valence-electron chi connectivity index (χ4n) is 3.08. The summed E-state index contributed by atoms with van der Waals surface area (Å²) in [6.07, 6.45) is 3.94. The second-order valence-corrected chi connectivity index (χ2v) is 5.55. The van der Waals surface area contributed by atoms with Crippen molar-refractivity contribution in [3.05, 3.63) is 52.2 Å². The second kappa shape index (κ2) is 6.17. The Hall–Kier alpha value is -2.37. The van der Waals surface area contributed by atoms with E-state index in [4.69, 9.17) is 0 Å². The summed E-state index contributed by atoms with van der Waals surface area (Å²) < 4.78 is 2.22. The van der Waals surface area contributed by atoms with Crippen LogP contribution >= 0.6 is 0 Å². The van der Waals surface area contributed by atoms with Gasteiger partial charge in [-0.1, -0.05) is 6.92 Å². The number of H-pyrrole nitrogens is 1. The smallest absolute Gasteiger partial charge is 0.264 e. The summed E-state index contributed by atoms with van der Waals surface area (Å²) in [6, 6.07) is 7.40. The van der Waals surface area contributed by atoms with Gasteiger partial charge in [0, 0.05) is 43.9 Å². The first-order valence-corrected chi connectivity index (χ1v) is 7.68. The number of nitrogens with zero attached hydrogens (tertiary/aromatic N) is 3. The van der Waals surface area contributed by atoms with Gasteiger partial charge in [0.1, 0.15) is 0 Å². The van der Waals surface area contributed by atoms with Gasteiger partial charge in [-0.2, -0.15) is 5.10 Å². The van der Waals surface area contributed by atoms with Crippen LogP contribution in [0, 0.1) is 0 Å². The topological polar surface area (TPSA) is 71.0 Å². The van der Waals surface area contributed by atoms with Gasteiger partial charge in [-0.05, 0) is 24.6 Å². The molecular weight excluding hydrogens is 280 g/mol. The first-order chi connectivity index (χ1) is 10.7. The molecule has 0 aromatic carbocycles. The highest BCUT2D eigenvalue weighted by Crippen LogP contribution is 2.29. The van der Waals surface area contributed by atoms with Crippen molar-refractivity contribution in [2.75, 3.05) is 6.54 Å². The summed E-state index contributed by atoms with van der Waals surface area (Å²) >= 11 is 0. The molecule has 1 N–H and O–H groups in total. The third-order valence-corrected chi connectivity index (χ3v) is 4.20. The molecular formula is C16H20N4O2. The summed E-state index contributed by atoms with van der Waals surface area (Å²) in [6.45, 7) is 3.71. The van der Waals surface area contributed by atoms with E-state index >= 15 is 0 Å². The van der Waals surface area contributed by atoms with Gasteiger partial charge >= 0.3 is 0 Å². The van der Waals surface area contributed by atoms with Crippen LogP contribution in [0.3, 0.4) is 0 Å². The second-order valence-electron chi connectivity index (χ2n) is 5.55. The molecule has 2 aromatic heterocycles. The van der Waals surface area contributed by atoms with E-state index in [0.717, 1.165) is 25.2 Å². The lowest BCUT2D eigenvalue weighted by atomic mass is 10.1. The van der Waals surface area contributed by atoms with Crippen molar-refractivity contribution in [2.24, 2.45) is 0 Å². The van der Waals surface area contributed by atoms with Crippen molar-refractivity contribution in [3.63, 3.8) is 0 Å². The number of rotatable bonds is 4. The van der Waals surface area contributed by atoms with Gasteiger partial charge in [0.25, 0.3) is 5.56 Å². The normalized spacial score (nSPS) is 17.3. The number of carbonyl (C=O) groups excluding carboxylic acids is 1. The minimum atomic E-state index is -0.224. The lowest BCUT2D eigenvalue weighted by Crippen LogP contribution is -2.41. The van der Waals surface area contributed by atoms with Crippen LogP contribution in [0.15, 0.2) is 35.3 Å². The summed E-state index contributed by atoms with van der Waals surface area (Å²) in [5.74, 6) is 0.146. The van der Waals surface area contributed by atoms with Crippen LogP contribution in [-0.4, -0.2) is 32.1 Å². The Morgan fingerprint density at radius 3 is 2.95 bits per heavy atom. The van der Waals surface area contributed by atoms with Crippen molar-refractivity contribution < 1.29 is 4.79 Å². The highest BCUT2D eigenvalue weighted by atomic mass is 16.2. The molecule has 3 heterocycles. The highest BCUT2D eigenvalue weighted by molar-refractivity contribution is 5.77. The van der Waals surface area contributed by atoms with Gasteiger partial charge < -0.3 is 9.47 Å². The fraction of sp³-hybridized carbons (Fsp3) is 0.438. The van der Waals surface area contributed by atoms with Crippen molar-refractivity contribution >= 4 is 5.91 Å². The quantitative estimate of drug-likeness (QED) is 0.930. The predicted molar refractivity (Wildman–Crippen MR) is 82.4 cm³/mol. The molecule has 0 radical (unpaired) electrons. The summed E-state index contributed by atoms with van der Waals surface area (Å²) in [5.41, 5.74) is 1.73. The predicted octanol–water partition coefficient (Wildman–Crippen LogP) is 1.50. The van der Waals surface area contributed by atoms with E-state index in [0.29, 0.717) is 12.8 Å². The molecule has 1 atom stereocenters. The lowest BCUT2D eigenvalue weighted by Gasteiger charge is -2.36. The maximum atomic E-state index is 12.6. The molecule has 0 aliphatic carbocycles. The number of carbonyl (C=O) groups is 1. The number of aromatic nitrogens is 3. The minimum absolute atomic E-state index is 0.146. The molecule has 6 nitrogen and oxygen atoms in total. The largest absolute Gasteiger partial charge is 0.348 e. The zero-order valence-electron chi connectivity index (χ0n) is 12.7. The minimum Gasteiger partial charge on any atom is -0.348 e. The van der Waals surface area contributed by atoms with Gasteiger partial charge in [0.2, 0.25) is 5.91 Å². The molecule has 1 aliphatic rings. The SMILES string of the molecule is CCC1c2cccn2CCN1C(=O)CCc1ccc(=O)[nH]n1. The Balaban J connectivity index is 1.67. The molecule has 0 saturated carbocycles. The molecule has 116 valence electrons. The average Bonchev–Trinajstić information content (AvgIpc) is 3.01. The Morgan fingerprint density at radius 1 is 1.36 bits per heavy atom. The highest BCUT2D eigenvalue weighted by Gasteiger charge is 2.29. The number of hydrogen-bond acceptors (Lipinski definition) is 3. The van der Waals surface area contributed by atoms with Crippen LogP contribution < -0.4 is 5.56 Å². The van der Waals surface area contributed by atoms with Crippen LogP contribution in [0.2, 0.25) is 0 Å². The van der Waals surface area contributed by atoms with Crippen LogP contribution in [0.1, 0.15) is 37.2 Å². The van der Waals surface area contributed by atoms with E-state index in [1.807, 2.05) is 11.0 Å². The molecule has 22 heavy (non-hydrogen) atoms. The molecule has 3 rings (SSSR count). The number of amides is 1. The molecule has 0 fully saturated rings. The van der Waals surface area contributed by atoms with Crippen molar-refractivity contribution in [3.8, 4) is 0 Å². The average molecular weight is 300 g/mol. The van der Waals surface area contributed by atoms with E-state index in [1.54, 1.807) is 6.07 Å². The Morgan fingerprint density at radius 2 is 2.23 bits per heavy atom. The Labute approximate surface area is 128 Å². The van der Waals surface area contributed by atoms with E-state index in [1.165, 1.54) is 11.8 Å². The molecule has 1 unspecified atom stereocenters. The van der Waals surface area contributed by atoms with E-state index in [2.05, 4.69) is 34.0 Å². The standard InChI is InChI=1S/C16H20N4O2/c1-2-13-14-4-3-9-19(14)10-11-20(13)16(22)8-6-12-5-7-15(21)18-17-12/h3-5,7,9,13H,2,6,8,10-11H2,1H3,(H,18,21). The Kier molecular flexibility index (Phi) is 4.09.